The van der Waals surface area contributed by atoms with Crippen LogP contribution in [0, 0.1) is 3.57 Å². The molecule has 112 valence electrons. The molecule has 0 bridgehead atoms. The second-order valence-corrected chi connectivity index (χ2v) is 5.72. The molecule has 4 nitrogen and oxygen atoms in total. The van der Waals surface area contributed by atoms with E-state index in [0.717, 1.165) is 14.7 Å². The number of nitrogens with two attached hydrogens (primary N) is 1. The van der Waals surface area contributed by atoms with Gasteiger partial charge in [0.2, 0.25) is 0 Å². The van der Waals surface area contributed by atoms with Gasteiger partial charge in [-0.05, 0) is 40.3 Å². The van der Waals surface area contributed by atoms with Crippen molar-refractivity contribution in [1.29, 1.82) is 0 Å². The van der Waals surface area contributed by atoms with Gasteiger partial charge < -0.3 is 19.9 Å². The maximum absolute atomic E-state index is 6.41. The average Bonchev–Trinajstić information content (AvgIpc) is 2.53. The predicted octanol–water partition coefficient (Wildman–Crippen LogP) is 3.37. The average molecular weight is 399 g/mol. The topological polar surface area (TPSA) is 53.7 Å². The molecule has 1 unspecified atom stereocenters. The fraction of sp³-hybridized carbons (Fsp3) is 0.250. The van der Waals surface area contributed by atoms with Crippen LogP contribution in [-0.2, 0) is 0 Å². The Bertz CT molecular complexity index is 588. The van der Waals surface area contributed by atoms with Gasteiger partial charge in [0.25, 0.3) is 0 Å². The number of methoxy groups -OCH3 is 3. The summed E-state index contributed by atoms with van der Waals surface area (Å²) in [6.45, 7) is 0. The van der Waals surface area contributed by atoms with Gasteiger partial charge in [-0.2, -0.15) is 0 Å². The van der Waals surface area contributed by atoms with Gasteiger partial charge in [0.15, 0.2) is 0 Å². The molecule has 2 N–H and O–H groups in total. The Kier molecular flexibility index (Phi) is 5.30. The molecule has 0 saturated heterocycles. The fourth-order valence-electron chi connectivity index (χ4n) is 2.18. The number of halogens is 1. The number of ether oxygens (including phenoxy) is 3. The highest BCUT2D eigenvalue weighted by Gasteiger charge is 2.21. The molecule has 2 aromatic rings. The molecule has 5 heteroatoms. The van der Waals surface area contributed by atoms with Crippen LogP contribution in [0.2, 0.25) is 0 Å². The van der Waals surface area contributed by atoms with Crippen LogP contribution >= 0.6 is 22.6 Å². The molecule has 2 rings (SSSR count). The maximum Gasteiger partial charge on any atom is 0.131 e. The highest BCUT2D eigenvalue weighted by Crippen LogP contribution is 2.39. The van der Waals surface area contributed by atoms with E-state index < -0.39 is 0 Å². The van der Waals surface area contributed by atoms with E-state index >= 15 is 0 Å². The van der Waals surface area contributed by atoms with Crippen molar-refractivity contribution >= 4 is 22.6 Å². The van der Waals surface area contributed by atoms with E-state index in [4.69, 9.17) is 19.9 Å². The molecule has 0 aromatic heterocycles. The molecule has 0 aliphatic carbocycles. The van der Waals surface area contributed by atoms with Crippen LogP contribution in [0.4, 0.5) is 0 Å². The Balaban J connectivity index is 2.52. The normalized spacial score (nSPS) is 11.9. The highest BCUT2D eigenvalue weighted by molar-refractivity contribution is 14.1. The first-order valence-corrected chi connectivity index (χ1v) is 7.49. The largest absolute Gasteiger partial charge is 0.496 e. The van der Waals surface area contributed by atoms with Gasteiger partial charge in [0.05, 0.1) is 32.9 Å². The third kappa shape index (κ3) is 3.41. The van der Waals surface area contributed by atoms with Crippen molar-refractivity contribution in [3.8, 4) is 17.2 Å². The third-order valence-electron chi connectivity index (χ3n) is 3.29. The van der Waals surface area contributed by atoms with Gasteiger partial charge in [-0.1, -0.05) is 12.1 Å². The summed E-state index contributed by atoms with van der Waals surface area (Å²) in [5.74, 6) is 1.97. The van der Waals surface area contributed by atoms with E-state index in [9.17, 15) is 0 Å². The number of rotatable bonds is 5. The Labute approximate surface area is 138 Å². The Morgan fingerprint density at radius 2 is 1.43 bits per heavy atom. The summed E-state index contributed by atoms with van der Waals surface area (Å²) >= 11 is 2.27. The lowest BCUT2D eigenvalue weighted by Gasteiger charge is -2.20. The summed E-state index contributed by atoms with van der Waals surface area (Å²) in [5.41, 5.74) is 8.21. The van der Waals surface area contributed by atoms with Gasteiger partial charge in [-0.3, -0.25) is 0 Å². The zero-order valence-electron chi connectivity index (χ0n) is 12.2. The first-order chi connectivity index (χ1) is 10.1. The van der Waals surface area contributed by atoms with Crippen molar-refractivity contribution in [2.75, 3.05) is 21.3 Å². The smallest absolute Gasteiger partial charge is 0.131 e. The Morgan fingerprint density at radius 1 is 0.905 bits per heavy atom. The second-order valence-electron chi connectivity index (χ2n) is 4.47. The molecule has 0 radical (unpaired) electrons. The van der Waals surface area contributed by atoms with Crippen LogP contribution in [0.25, 0.3) is 0 Å². The van der Waals surface area contributed by atoms with Crippen LogP contribution in [0.5, 0.6) is 17.2 Å². The van der Waals surface area contributed by atoms with Crippen molar-refractivity contribution in [2.24, 2.45) is 5.73 Å². The van der Waals surface area contributed by atoms with Crippen molar-refractivity contribution in [3.05, 3.63) is 51.1 Å². The minimum absolute atomic E-state index is 0.335. The van der Waals surface area contributed by atoms with Crippen molar-refractivity contribution in [3.63, 3.8) is 0 Å². The quantitative estimate of drug-likeness (QED) is 0.784. The van der Waals surface area contributed by atoms with Crippen molar-refractivity contribution in [1.82, 2.24) is 0 Å². The van der Waals surface area contributed by atoms with E-state index in [1.807, 2.05) is 36.4 Å². The van der Waals surface area contributed by atoms with Gasteiger partial charge in [0.1, 0.15) is 17.2 Å². The van der Waals surface area contributed by atoms with Crippen molar-refractivity contribution < 1.29 is 14.2 Å². The number of benzene rings is 2. The van der Waals surface area contributed by atoms with E-state index in [2.05, 4.69) is 22.6 Å². The predicted molar refractivity (Wildman–Crippen MR) is 91.3 cm³/mol. The van der Waals surface area contributed by atoms with E-state index in [1.54, 1.807) is 21.3 Å². The molecule has 1 atom stereocenters. The van der Waals surface area contributed by atoms with E-state index in [1.165, 1.54) is 0 Å². The lowest BCUT2D eigenvalue weighted by atomic mass is 9.97. The van der Waals surface area contributed by atoms with Crippen LogP contribution in [-0.4, -0.2) is 21.3 Å². The van der Waals surface area contributed by atoms with Crippen molar-refractivity contribution in [2.45, 2.75) is 6.04 Å². The number of hydrogen-bond donors (Lipinski definition) is 1. The summed E-state index contributed by atoms with van der Waals surface area (Å²) in [4.78, 5) is 0. The zero-order chi connectivity index (χ0) is 15.4. The molecule has 21 heavy (non-hydrogen) atoms. The standard InChI is InChI=1S/C16H18INO3/c1-19-12-8-13(20-2)15(14(9-12)21-3)16(18)10-4-6-11(17)7-5-10/h4-9,16H,18H2,1-3H3. The molecule has 0 aliphatic heterocycles. The van der Waals surface area contributed by atoms with Gasteiger partial charge in [-0.25, -0.2) is 0 Å². The maximum atomic E-state index is 6.41. The summed E-state index contributed by atoms with van der Waals surface area (Å²) in [5, 5.41) is 0. The second kappa shape index (κ2) is 7.00. The molecule has 0 fully saturated rings. The summed E-state index contributed by atoms with van der Waals surface area (Å²) in [7, 11) is 4.82. The molecule has 2 aromatic carbocycles. The first-order valence-electron chi connectivity index (χ1n) is 6.41. The third-order valence-corrected chi connectivity index (χ3v) is 4.01. The van der Waals surface area contributed by atoms with Crippen LogP contribution in [0.15, 0.2) is 36.4 Å². The minimum Gasteiger partial charge on any atom is -0.496 e. The highest BCUT2D eigenvalue weighted by atomic mass is 127. The number of hydrogen-bond acceptors (Lipinski definition) is 4. The van der Waals surface area contributed by atoms with E-state index in [0.29, 0.717) is 17.2 Å². The summed E-state index contributed by atoms with van der Waals surface area (Å²) in [6.07, 6.45) is 0. The monoisotopic (exact) mass is 399 g/mol. The van der Waals surface area contributed by atoms with Gasteiger partial charge >= 0.3 is 0 Å². The minimum atomic E-state index is -0.335. The first kappa shape index (κ1) is 15.9. The molecule has 0 amide bonds. The lowest BCUT2D eigenvalue weighted by molar-refractivity contribution is 0.366. The van der Waals surface area contributed by atoms with Crippen LogP contribution in [0.3, 0.4) is 0 Å². The van der Waals surface area contributed by atoms with Gasteiger partial charge in [-0.15, -0.1) is 0 Å². The summed E-state index contributed by atoms with van der Waals surface area (Å²) < 4.78 is 17.3. The van der Waals surface area contributed by atoms with Gasteiger partial charge in [0, 0.05) is 15.7 Å². The van der Waals surface area contributed by atoms with Crippen LogP contribution in [0.1, 0.15) is 17.2 Å². The molecular weight excluding hydrogens is 381 g/mol. The molecule has 0 spiro atoms. The molecule has 0 saturated carbocycles. The van der Waals surface area contributed by atoms with Crippen LogP contribution < -0.4 is 19.9 Å². The Morgan fingerprint density at radius 3 is 1.86 bits per heavy atom. The molecular formula is C16H18INO3. The lowest BCUT2D eigenvalue weighted by Crippen LogP contribution is -2.14. The zero-order valence-corrected chi connectivity index (χ0v) is 14.4. The van der Waals surface area contributed by atoms with E-state index in [-0.39, 0.29) is 6.04 Å². The SMILES string of the molecule is COc1cc(OC)c(C(N)c2ccc(I)cc2)c(OC)c1. The Hall–Kier alpha value is -1.47. The fourth-order valence-corrected chi connectivity index (χ4v) is 2.54. The molecule has 0 heterocycles. The molecule has 0 aliphatic rings. The summed E-state index contributed by atoms with van der Waals surface area (Å²) in [6, 6.07) is 11.4.